The Labute approximate surface area is 103 Å². The number of hydrogen-bond donors (Lipinski definition) is 2. The molecule has 2 aromatic rings. The monoisotopic (exact) mass is 251 g/mol. The molecular weight excluding hydrogens is 242 g/mol. The van der Waals surface area contributed by atoms with E-state index < -0.39 is 0 Å². The van der Waals surface area contributed by atoms with Crippen LogP contribution in [-0.2, 0) is 0 Å². The van der Waals surface area contributed by atoms with Gasteiger partial charge in [-0.2, -0.15) is 0 Å². The number of rotatable bonds is 2. The molecule has 1 amide bonds. The third kappa shape index (κ3) is 2.57. The van der Waals surface area contributed by atoms with Crippen LogP contribution in [0.2, 0.25) is 5.02 Å². The van der Waals surface area contributed by atoms with Gasteiger partial charge in [0, 0.05) is 11.8 Å². The summed E-state index contributed by atoms with van der Waals surface area (Å²) in [5, 5.41) is 6.63. The van der Waals surface area contributed by atoms with Crippen molar-refractivity contribution in [1.29, 1.82) is 0 Å². The Morgan fingerprint density at radius 1 is 1.47 bits per heavy atom. The van der Waals surface area contributed by atoms with Crippen LogP contribution in [0.1, 0.15) is 16.2 Å². The Kier molecular flexibility index (Phi) is 3.01. The van der Waals surface area contributed by atoms with Gasteiger partial charge in [-0.1, -0.05) is 16.8 Å². The maximum absolute atomic E-state index is 11.7. The fraction of sp³-hybridized carbons (Fsp3) is 0.0909. The number of nitrogens with two attached hydrogens (primary N) is 1. The number of hydrogen-bond acceptors (Lipinski definition) is 4. The number of carbonyl (C=O) groups excluding carboxylic acids is 1. The van der Waals surface area contributed by atoms with Crippen LogP contribution in [0.25, 0.3) is 0 Å². The highest BCUT2D eigenvalue weighted by atomic mass is 35.5. The second-order valence-electron chi connectivity index (χ2n) is 3.51. The van der Waals surface area contributed by atoms with E-state index in [-0.39, 0.29) is 11.6 Å². The number of aryl methyl sites for hydroxylation is 1. The van der Waals surface area contributed by atoms with Crippen LogP contribution >= 0.6 is 11.6 Å². The fourth-order valence-electron chi connectivity index (χ4n) is 1.27. The van der Waals surface area contributed by atoms with Gasteiger partial charge in [-0.3, -0.25) is 4.79 Å². The summed E-state index contributed by atoms with van der Waals surface area (Å²) in [5.41, 5.74) is 6.79. The topological polar surface area (TPSA) is 81.2 Å². The average Bonchev–Trinajstić information content (AvgIpc) is 2.70. The molecule has 0 aliphatic carbocycles. The van der Waals surface area contributed by atoms with Gasteiger partial charge in [-0.05, 0) is 25.1 Å². The lowest BCUT2D eigenvalue weighted by atomic mass is 10.2. The van der Waals surface area contributed by atoms with Crippen LogP contribution in [0.5, 0.6) is 0 Å². The molecule has 5 nitrogen and oxygen atoms in total. The van der Waals surface area contributed by atoms with E-state index in [1.807, 2.05) is 0 Å². The van der Waals surface area contributed by atoms with Crippen molar-refractivity contribution < 1.29 is 9.32 Å². The molecule has 0 unspecified atom stereocenters. The molecule has 0 bridgehead atoms. The number of benzene rings is 1. The quantitative estimate of drug-likeness (QED) is 0.804. The van der Waals surface area contributed by atoms with Crippen molar-refractivity contribution in [1.82, 2.24) is 5.16 Å². The van der Waals surface area contributed by atoms with Crippen molar-refractivity contribution in [3.63, 3.8) is 0 Å². The van der Waals surface area contributed by atoms with Crippen molar-refractivity contribution >= 4 is 28.9 Å². The van der Waals surface area contributed by atoms with Gasteiger partial charge in [0.25, 0.3) is 5.91 Å². The molecule has 1 aromatic carbocycles. The van der Waals surface area contributed by atoms with E-state index in [4.69, 9.17) is 21.9 Å². The number of carbonyl (C=O) groups is 1. The Bertz CT molecular complexity index is 566. The van der Waals surface area contributed by atoms with Crippen molar-refractivity contribution in [3.05, 3.63) is 40.7 Å². The summed E-state index contributed by atoms with van der Waals surface area (Å²) in [5.74, 6) is 0.216. The summed E-state index contributed by atoms with van der Waals surface area (Å²) in [7, 11) is 0. The average molecular weight is 252 g/mol. The van der Waals surface area contributed by atoms with Crippen molar-refractivity contribution in [2.45, 2.75) is 6.92 Å². The van der Waals surface area contributed by atoms with Gasteiger partial charge in [0.2, 0.25) is 0 Å². The molecule has 1 aromatic heterocycles. The van der Waals surface area contributed by atoms with E-state index >= 15 is 0 Å². The summed E-state index contributed by atoms with van der Waals surface area (Å²) in [6.45, 7) is 1.71. The largest absolute Gasteiger partial charge is 0.398 e. The Balaban J connectivity index is 2.15. The number of halogens is 1. The fourth-order valence-corrected chi connectivity index (χ4v) is 1.45. The molecule has 0 spiro atoms. The SMILES string of the molecule is Cc1cc(C(=O)Nc2ccc(N)c(Cl)c2)no1. The Morgan fingerprint density at radius 2 is 2.24 bits per heavy atom. The van der Waals surface area contributed by atoms with Gasteiger partial charge >= 0.3 is 0 Å². The molecule has 0 radical (unpaired) electrons. The van der Waals surface area contributed by atoms with Crippen molar-refractivity contribution in [2.75, 3.05) is 11.1 Å². The first-order valence-corrected chi connectivity index (χ1v) is 5.24. The molecule has 0 fully saturated rings. The number of nitrogen functional groups attached to an aromatic ring is 1. The molecule has 17 heavy (non-hydrogen) atoms. The molecule has 0 atom stereocenters. The first-order valence-electron chi connectivity index (χ1n) is 4.86. The lowest BCUT2D eigenvalue weighted by molar-refractivity contribution is 0.101. The molecule has 6 heteroatoms. The van der Waals surface area contributed by atoms with Crippen LogP contribution in [0, 0.1) is 6.92 Å². The number of nitrogens with one attached hydrogen (secondary N) is 1. The highest BCUT2D eigenvalue weighted by Gasteiger charge is 2.11. The van der Waals surface area contributed by atoms with Crippen molar-refractivity contribution in [2.24, 2.45) is 0 Å². The normalized spacial score (nSPS) is 10.2. The second-order valence-corrected chi connectivity index (χ2v) is 3.92. The summed E-state index contributed by atoms with van der Waals surface area (Å²) >= 11 is 5.84. The smallest absolute Gasteiger partial charge is 0.277 e. The Hall–Kier alpha value is -2.01. The van der Waals surface area contributed by atoms with Crippen LogP contribution in [-0.4, -0.2) is 11.1 Å². The van der Waals surface area contributed by atoms with Gasteiger partial charge in [0.15, 0.2) is 5.69 Å². The summed E-state index contributed by atoms with van der Waals surface area (Å²) < 4.78 is 4.81. The van der Waals surface area contributed by atoms with E-state index in [1.165, 1.54) is 0 Å². The molecule has 0 saturated heterocycles. The highest BCUT2D eigenvalue weighted by molar-refractivity contribution is 6.33. The zero-order valence-electron chi connectivity index (χ0n) is 9.03. The molecule has 88 valence electrons. The molecule has 3 N–H and O–H groups in total. The summed E-state index contributed by atoms with van der Waals surface area (Å²) in [4.78, 5) is 11.7. The van der Waals surface area contributed by atoms with Gasteiger partial charge in [0.05, 0.1) is 10.7 Å². The zero-order chi connectivity index (χ0) is 12.4. The van der Waals surface area contributed by atoms with Gasteiger partial charge in [-0.15, -0.1) is 0 Å². The minimum Gasteiger partial charge on any atom is -0.398 e. The van der Waals surface area contributed by atoms with Crippen LogP contribution in [0.4, 0.5) is 11.4 Å². The summed E-state index contributed by atoms with van der Waals surface area (Å²) in [6.07, 6.45) is 0. The van der Waals surface area contributed by atoms with Crippen LogP contribution < -0.4 is 11.1 Å². The minimum atomic E-state index is -0.359. The second kappa shape index (κ2) is 4.47. The lowest BCUT2D eigenvalue weighted by Gasteiger charge is -2.04. The molecule has 0 aliphatic rings. The first kappa shape index (κ1) is 11.5. The Morgan fingerprint density at radius 3 is 2.82 bits per heavy atom. The van der Waals surface area contributed by atoms with Gasteiger partial charge in [0.1, 0.15) is 5.76 Å². The highest BCUT2D eigenvalue weighted by Crippen LogP contribution is 2.22. The summed E-state index contributed by atoms with van der Waals surface area (Å²) in [6, 6.07) is 6.40. The zero-order valence-corrected chi connectivity index (χ0v) is 9.78. The van der Waals surface area contributed by atoms with Gasteiger partial charge in [-0.25, -0.2) is 0 Å². The molecular formula is C11H10ClN3O2. The maximum Gasteiger partial charge on any atom is 0.277 e. The van der Waals surface area contributed by atoms with E-state index in [9.17, 15) is 4.79 Å². The van der Waals surface area contributed by atoms with Gasteiger partial charge < -0.3 is 15.6 Å². The van der Waals surface area contributed by atoms with Crippen LogP contribution in [0.15, 0.2) is 28.8 Å². The maximum atomic E-state index is 11.7. The van der Waals surface area contributed by atoms with E-state index in [1.54, 1.807) is 31.2 Å². The van der Waals surface area contributed by atoms with Crippen molar-refractivity contribution in [3.8, 4) is 0 Å². The predicted octanol–water partition coefficient (Wildman–Crippen LogP) is 2.47. The van der Waals surface area contributed by atoms with E-state index in [2.05, 4.69) is 10.5 Å². The third-order valence-electron chi connectivity index (χ3n) is 2.12. The number of anilines is 2. The predicted molar refractivity (Wildman–Crippen MR) is 65.1 cm³/mol. The number of nitrogens with zero attached hydrogens (tertiary/aromatic N) is 1. The molecule has 0 aliphatic heterocycles. The lowest BCUT2D eigenvalue weighted by Crippen LogP contribution is -2.12. The molecule has 2 rings (SSSR count). The molecule has 1 heterocycles. The number of amides is 1. The standard InChI is InChI=1S/C11H10ClN3O2/c1-6-4-10(15-17-6)11(16)14-7-2-3-9(13)8(12)5-7/h2-5H,13H2,1H3,(H,14,16). The van der Waals surface area contributed by atoms with E-state index in [0.29, 0.717) is 22.2 Å². The van der Waals surface area contributed by atoms with E-state index in [0.717, 1.165) is 0 Å². The minimum absolute atomic E-state index is 0.218. The number of aromatic nitrogens is 1. The first-order chi connectivity index (χ1) is 8.06. The molecule has 0 saturated carbocycles. The van der Waals surface area contributed by atoms with Crippen LogP contribution in [0.3, 0.4) is 0 Å². The third-order valence-corrected chi connectivity index (χ3v) is 2.45.